The van der Waals surface area contributed by atoms with Crippen molar-refractivity contribution in [3.63, 3.8) is 0 Å². The first kappa shape index (κ1) is 16.5. The molecule has 102 valence electrons. The van der Waals surface area contributed by atoms with Gasteiger partial charge in [-0.2, -0.15) is 0 Å². The van der Waals surface area contributed by atoms with Crippen molar-refractivity contribution >= 4 is 12.1 Å². The Morgan fingerprint density at radius 3 is 2.45 bits per heavy atom. The molecule has 0 N–H and O–H groups in total. The molecule has 0 saturated carbocycles. The average molecular weight is 270 g/mol. The molecule has 1 aromatic heterocycles. The van der Waals surface area contributed by atoms with E-state index < -0.39 is 17.7 Å². The number of aromatic carboxylic acids is 1. The van der Waals surface area contributed by atoms with E-state index >= 15 is 0 Å². The van der Waals surface area contributed by atoms with Crippen LogP contribution in [0.3, 0.4) is 0 Å². The van der Waals surface area contributed by atoms with Crippen LogP contribution >= 0.6 is 0 Å². The van der Waals surface area contributed by atoms with E-state index in [2.05, 4.69) is 4.98 Å². The molecule has 1 aliphatic heterocycles. The summed E-state index contributed by atoms with van der Waals surface area (Å²) in [6, 6.07) is 1.44. The second-order valence-corrected chi connectivity index (χ2v) is 5.46. The number of amides is 1. The van der Waals surface area contributed by atoms with Gasteiger partial charge in [0.05, 0.1) is 18.2 Å². The maximum absolute atomic E-state index is 11.9. The third kappa shape index (κ3) is 3.75. The van der Waals surface area contributed by atoms with Gasteiger partial charge >= 0.3 is 25.0 Å². The molecule has 0 unspecified atom stereocenters. The number of carboxylic acids is 1. The molecule has 0 aromatic carbocycles. The minimum atomic E-state index is -1.32. The fourth-order valence-corrected chi connectivity index (χ4v) is 1.85. The number of aromatic nitrogens is 1. The zero-order valence-electron chi connectivity index (χ0n) is 12.1. The molecule has 2 heterocycles. The minimum absolute atomic E-state index is 0. The third-order valence-electron chi connectivity index (χ3n) is 2.67. The van der Waals surface area contributed by atoms with Crippen LogP contribution in [0.25, 0.3) is 0 Å². The first-order valence-corrected chi connectivity index (χ1v) is 5.93. The normalized spacial score (nSPS) is 13.4. The number of fused-ring (bicyclic) bond motifs is 1. The van der Waals surface area contributed by atoms with E-state index in [0.29, 0.717) is 13.1 Å². The summed E-state index contributed by atoms with van der Waals surface area (Å²) in [7, 11) is 0. The smallest absolute Gasteiger partial charge is 0.543 e. The molecule has 0 spiro atoms. The summed E-state index contributed by atoms with van der Waals surface area (Å²) < 4.78 is 5.27. The second kappa shape index (κ2) is 5.86. The zero-order chi connectivity index (χ0) is 14.2. The summed E-state index contributed by atoms with van der Waals surface area (Å²) in [5.74, 6) is -1.32. The molecule has 1 amide bonds. The fourth-order valence-electron chi connectivity index (χ4n) is 1.85. The first-order chi connectivity index (χ1) is 8.76. The molecule has 0 radical (unpaired) electrons. The van der Waals surface area contributed by atoms with Gasteiger partial charge in [0.25, 0.3) is 0 Å². The summed E-state index contributed by atoms with van der Waals surface area (Å²) in [5.41, 5.74) is 0.918. The Hall–Kier alpha value is -1.51. The molecular formula is C13H15LiN2O4. The number of pyridine rings is 1. The average Bonchev–Trinajstić information content (AvgIpc) is 2.68. The van der Waals surface area contributed by atoms with Gasteiger partial charge in [0.1, 0.15) is 5.60 Å². The number of nitrogens with zero attached hydrogens (tertiary/aromatic N) is 2. The van der Waals surface area contributed by atoms with E-state index in [-0.39, 0.29) is 24.6 Å². The van der Waals surface area contributed by atoms with Crippen molar-refractivity contribution in [1.29, 1.82) is 0 Å². The molecule has 0 bridgehead atoms. The van der Waals surface area contributed by atoms with E-state index in [1.165, 1.54) is 17.2 Å². The van der Waals surface area contributed by atoms with E-state index in [1.54, 1.807) is 20.8 Å². The molecule has 0 saturated heterocycles. The van der Waals surface area contributed by atoms with Gasteiger partial charge in [-0.1, -0.05) is 0 Å². The fraction of sp³-hybridized carbons (Fsp3) is 0.462. The predicted molar refractivity (Wildman–Crippen MR) is 64.0 cm³/mol. The third-order valence-corrected chi connectivity index (χ3v) is 2.67. The van der Waals surface area contributed by atoms with Crippen LogP contribution < -0.4 is 24.0 Å². The first-order valence-electron chi connectivity index (χ1n) is 5.93. The van der Waals surface area contributed by atoms with Crippen molar-refractivity contribution in [1.82, 2.24) is 9.88 Å². The number of ether oxygens (including phenoxy) is 1. The van der Waals surface area contributed by atoms with E-state index in [9.17, 15) is 14.7 Å². The van der Waals surface area contributed by atoms with Crippen LogP contribution in [0.5, 0.6) is 0 Å². The van der Waals surface area contributed by atoms with Crippen LogP contribution in [0.1, 0.15) is 42.4 Å². The van der Waals surface area contributed by atoms with E-state index in [0.717, 1.165) is 11.1 Å². The molecular weight excluding hydrogens is 255 g/mol. The maximum Gasteiger partial charge on any atom is 1.00 e. The molecule has 7 heteroatoms. The van der Waals surface area contributed by atoms with Crippen LogP contribution in [0, 0.1) is 0 Å². The van der Waals surface area contributed by atoms with Crippen molar-refractivity contribution in [3.05, 3.63) is 29.1 Å². The zero-order valence-corrected chi connectivity index (χ0v) is 12.1. The molecule has 1 aliphatic rings. The van der Waals surface area contributed by atoms with Gasteiger partial charge < -0.3 is 14.6 Å². The molecule has 0 fully saturated rings. The molecule has 0 atom stereocenters. The summed E-state index contributed by atoms with van der Waals surface area (Å²) >= 11 is 0. The largest absolute Gasteiger partial charge is 1.00 e. The Labute approximate surface area is 129 Å². The van der Waals surface area contributed by atoms with Crippen molar-refractivity contribution in [2.45, 2.75) is 39.5 Å². The van der Waals surface area contributed by atoms with Crippen LogP contribution in [-0.4, -0.2) is 27.5 Å². The molecule has 20 heavy (non-hydrogen) atoms. The van der Waals surface area contributed by atoms with Crippen LogP contribution in [-0.2, 0) is 17.8 Å². The Morgan fingerprint density at radius 1 is 1.30 bits per heavy atom. The molecule has 0 aliphatic carbocycles. The Bertz CT molecular complexity index is 540. The topological polar surface area (TPSA) is 82.6 Å². The van der Waals surface area contributed by atoms with E-state index in [1.807, 2.05) is 0 Å². The number of hydrogen-bond donors (Lipinski definition) is 0. The number of carbonyl (C=O) groups is 2. The van der Waals surface area contributed by atoms with Crippen molar-refractivity contribution < 1.29 is 38.3 Å². The Balaban J connectivity index is 0.00000200. The van der Waals surface area contributed by atoms with E-state index in [4.69, 9.17) is 4.74 Å². The van der Waals surface area contributed by atoms with Crippen molar-refractivity contribution in [3.8, 4) is 0 Å². The van der Waals surface area contributed by atoms with Gasteiger partial charge in [0, 0.05) is 12.7 Å². The summed E-state index contributed by atoms with van der Waals surface area (Å²) in [5, 5.41) is 10.7. The van der Waals surface area contributed by atoms with Crippen LogP contribution in [0.2, 0.25) is 0 Å². The van der Waals surface area contributed by atoms with Gasteiger partial charge in [-0.3, -0.25) is 9.88 Å². The summed E-state index contributed by atoms with van der Waals surface area (Å²) in [6.07, 6.45) is 1.05. The van der Waals surface area contributed by atoms with Gasteiger partial charge in [-0.05, 0) is 38.0 Å². The quantitative estimate of drug-likeness (QED) is 0.536. The Morgan fingerprint density at radius 2 is 1.90 bits per heavy atom. The minimum Gasteiger partial charge on any atom is -0.543 e. The SMILES string of the molecule is CC(C)(C)OC(=O)N1Cc2cnc(C(=O)[O-])cc2C1.[Li+]. The van der Waals surface area contributed by atoms with Crippen molar-refractivity contribution in [2.24, 2.45) is 0 Å². The number of hydrogen-bond acceptors (Lipinski definition) is 5. The van der Waals surface area contributed by atoms with Gasteiger partial charge in [0.2, 0.25) is 0 Å². The second-order valence-electron chi connectivity index (χ2n) is 5.46. The predicted octanol–water partition coefficient (Wildman–Crippen LogP) is -2.30. The molecule has 1 aromatic rings. The molecule has 6 nitrogen and oxygen atoms in total. The molecule has 2 rings (SSSR count). The summed E-state index contributed by atoms with van der Waals surface area (Å²) in [4.78, 5) is 27.9. The number of carbonyl (C=O) groups excluding carboxylic acids is 2. The van der Waals surface area contributed by atoms with Gasteiger partial charge in [-0.15, -0.1) is 0 Å². The van der Waals surface area contributed by atoms with Gasteiger partial charge in [0.15, 0.2) is 0 Å². The number of carboxylic acid groups (broad SMARTS) is 1. The van der Waals surface area contributed by atoms with Crippen LogP contribution in [0.15, 0.2) is 12.3 Å². The number of rotatable bonds is 1. The van der Waals surface area contributed by atoms with Gasteiger partial charge in [-0.25, -0.2) is 4.79 Å². The Kier molecular flexibility index (Phi) is 4.84. The maximum atomic E-state index is 11.9. The monoisotopic (exact) mass is 270 g/mol. The standard InChI is InChI=1S/C13H16N2O4.Li/c1-13(2,3)19-12(18)15-6-8-4-10(11(16)17)14-5-9(8)7-15;/h4-5H,6-7H2,1-3H3,(H,16,17);/q;+1/p-1. The van der Waals surface area contributed by atoms with Crippen LogP contribution in [0.4, 0.5) is 4.79 Å². The summed E-state index contributed by atoms with van der Waals surface area (Å²) in [6.45, 7) is 6.09. The van der Waals surface area contributed by atoms with Crippen molar-refractivity contribution in [2.75, 3.05) is 0 Å².